The molecule has 2 aliphatic rings. The van der Waals surface area contributed by atoms with Gasteiger partial charge in [0.05, 0.1) is 6.61 Å². The lowest BCUT2D eigenvalue weighted by atomic mass is 10.0. The Labute approximate surface area is 92.8 Å². The molecule has 1 aliphatic heterocycles. The van der Waals surface area contributed by atoms with Crippen LogP contribution in [-0.2, 0) is 0 Å². The average molecular weight is 212 g/mol. The molecule has 0 radical (unpaired) electrons. The minimum Gasteiger partial charge on any atom is -0.395 e. The summed E-state index contributed by atoms with van der Waals surface area (Å²) in [6.07, 6.45) is 6.52. The molecule has 88 valence electrons. The van der Waals surface area contributed by atoms with Crippen molar-refractivity contribution in [3.8, 4) is 0 Å². The van der Waals surface area contributed by atoms with Gasteiger partial charge in [0.25, 0.3) is 0 Å². The molecular formula is C12H24N2O. The number of likely N-dealkylation sites (tertiary alicyclic amines) is 1. The summed E-state index contributed by atoms with van der Waals surface area (Å²) in [5, 5.41) is 12.7. The molecule has 0 aromatic rings. The molecule has 15 heavy (non-hydrogen) atoms. The van der Waals surface area contributed by atoms with Crippen molar-refractivity contribution in [1.82, 2.24) is 10.2 Å². The van der Waals surface area contributed by atoms with E-state index >= 15 is 0 Å². The zero-order chi connectivity index (χ0) is 10.7. The predicted octanol–water partition coefficient (Wildman–Crippen LogP) is 0.831. The predicted molar refractivity (Wildman–Crippen MR) is 61.9 cm³/mol. The van der Waals surface area contributed by atoms with Gasteiger partial charge in [0, 0.05) is 18.6 Å². The number of hydrogen-bond acceptors (Lipinski definition) is 3. The van der Waals surface area contributed by atoms with Crippen molar-refractivity contribution in [2.24, 2.45) is 5.92 Å². The van der Waals surface area contributed by atoms with Crippen molar-refractivity contribution in [2.75, 3.05) is 26.7 Å². The fraction of sp³-hybridized carbons (Fsp3) is 1.00. The highest BCUT2D eigenvalue weighted by Gasteiger charge is 2.31. The quantitative estimate of drug-likeness (QED) is 0.724. The number of hydrogen-bond donors (Lipinski definition) is 2. The Morgan fingerprint density at radius 1 is 1.27 bits per heavy atom. The Bertz CT molecular complexity index is 178. The summed E-state index contributed by atoms with van der Waals surface area (Å²) in [6, 6.07) is 1.16. The minimum atomic E-state index is 0.344. The first-order valence-corrected chi connectivity index (χ1v) is 6.37. The van der Waals surface area contributed by atoms with Crippen LogP contribution in [0.5, 0.6) is 0 Å². The van der Waals surface area contributed by atoms with Gasteiger partial charge in [0.1, 0.15) is 0 Å². The van der Waals surface area contributed by atoms with Crippen molar-refractivity contribution >= 4 is 0 Å². The molecule has 3 atom stereocenters. The second-order valence-corrected chi connectivity index (χ2v) is 5.06. The third-order valence-corrected chi connectivity index (χ3v) is 4.21. The topological polar surface area (TPSA) is 35.5 Å². The molecule has 1 saturated heterocycles. The maximum absolute atomic E-state index is 9.28. The van der Waals surface area contributed by atoms with Crippen molar-refractivity contribution in [3.05, 3.63) is 0 Å². The standard InChI is InChI=1S/C12H24N2O/c1-13-12-6-2-4-10(12)8-14-7-3-5-11(14)9-15/h10-13,15H,2-9H2,1H3. The van der Waals surface area contributed by atoms with Gasteiger partial charge >= 0.3 is 0 Å². The van der Waals surface area contributed by atoms with Gasteiger partial charge in [-0.1, -0.05) is 6.42 Å². The molecule has 3 nitrogen and oxygen atoms in total. The summed E-state index contributed by atoms with van der Waals surface area (Å²) < 4.78 is 0. The zero-order valence-corrected chi connectivity index (χ0v) is 9.78. The number of aliphatic hydroxyl groups is 1. The third kappa shape index (κ3) is 2.52. The molecule has 0 aromatic carbocycles. The fourth-order valence-electron chi connectivity index (χ4n) is 3.28. The molecule has 1 aliphatic carbocycles. The molecule has 1 heterocycles. The monoisotopic (exact) mass is 212 g/mol. The van der Waals surface area contributed by atoms with Gasteiger partial charge in [-0.05, 0) is 45.2 Å². The molecule has 0 spiro atoms. The third-order valence-electron chi connectivity index (χ3n) is 4.21. The normalized spacial score (nSPS) is 37.6. The van der Waals surface area contributed by atoms with E-state index in [1.54, 1.807) is 0 Å². The average Bonchev–Trinajstić information content (AvgIpc) is 2.87. The van der Waals surface area contributed by atoms with Crippen LogP contribution in [0.25, 0.3) is 0 Å². The van der Waals surface area contributed by atoms with Gasteiger partial charge < -0.3 is 10.4 Å². The summed E-state index contributed by atoms with van der Waals surface area (Å²) in [5.74, 6) is 0.808. The van der Waals surface area contributed by atoms with Gasteiger partial charge in [-0.15, -0.1) is 0 Å². The van der Waals surface area contributed by atoms with E-state index in [1.165, 1.54) is 45.2 Å². The first-order chi connectivity index (χ1) is 7.35. The van der Waals surface area contributed by atoms with E-state index in [9.17, 15) is 5.11 Å². The van der Waals surface area contributed by atoms with E-state index in [0.29, 0.717) is 18.7 Å². The first-order valence-electron chi connectivity index (χ1n) is 6.37. The van der Waals surface area contributed by atoms with Gasteiger partial charge in [0.15, 0.2) is 0 Å². The van der Waals surface area contributed by atoms with E-state index in [4.69, 9.17) is 0 Å². The van der Waals surface area contributed by atoms with Crippen molar-refractivity contribution in [3.63, 3.8) is 0 Å². The van der Waals surface area contributed by atoms with E-state index in [-0.39, 0.29) is 0 Å². The van der Waals surface area contributed by atoms with Crippen LogP contribution in [0.15, 0.2) is 0 Å². The molecule has 3 heteroatoms. The smallest absolute Gasteiger partial charge is 0.0586 e. The van der Waals surface area contributed by atoms with Gasteiger partial charge in [-0.3, -0.25) is 4.90 Å². The van der Waals surface area contributed by atoms with Crippen molar-refractivity contribution in [1.29, 1.82) is 0 Å². The van der Waals surface area contributed by atoms with Crippen LogP contribution in [0, 0.1) is 5.92 Å². The molecule has 3 unspecified atom stereocenters. The van der Waals surface area contributed by atoms with Crippen molar-refractivity contribution < 1.29 is 5.11 Å². The minimum absolute atomic E-state index is 0.344. The van der Waals surface area contributed by atoms with E-state index in [0.717, 1.165) is 5.92 Å². The maximum Gasteiger partial charge on any atom is 0.0586 e. The summed E-state index contributed by atoms with van der Waals surface area (Å²) in [5.41, 5.74) is 0. The summed E-state index contributed by atoms with van der Waals surface area (Å²) >= 11 is 0. The van der Waals surface area contributed by atoms with Crippen LogP contribution in [0.3, 0.4) is 0 Å². The van der Waals surface area contributed by atoms with Crippen LogP contribution in [0.2, 0.25) is 0 Å². The Hall–Kier alpha value is -0.120. The first kappa shape index (κ1) is 11.4. The lowest BCUT2D eigenvalue weighted by Gasteiger charge is -2.28. The summed E-state index contributed by atoms with van der Waals surface area (Å²) in [7, 11) is 2.08. The second kappa shape index (κ2) is 5.28. The van der Waals surface area contributed by atoms with Crippen LogP contribution >= 0.6 is 0 Å². The van der Waals surface area contributed by atoms with E-state index in [1.807, 2.05) is 0 Å². The Balaban J connectivity index is 1.84. The highest BCUT2D eigenvalue weighted by Crippen LogP contribution is 2.28. The number of rotatable bonds is 4. The van der Waals surface area contributed by atoms with E-state index < -0.39 is 0 Å². The highest BCUT2D eigenvalue weighted by molar-refractivity contribution is 4.87. The van der Waals surface area contributed by atoms with Crippen molar-refractivity contribution in [2.45, 2.75) is 44.2 Å². The number of nitrogens with one attached hydrogen (secondary N) is 1. The second-order valence-electron chi connectivity index (χ2n) is 5.06. The Kier molecular flexibility index (Phi) is 4.00. The lowest BCUT2D eigenvalue weighted by molar-refractivity contribution is 0.137. The van der Waals surface area contributed by atoms with Crippen LogP contribution in [0.1, 0.15) is 32.1 Å². The Morgan fingerprint density at radius 3 is 2.87 bits per heavy atom. The Morgan fingerprint density at radius 2 is 2.13 bits per heavy atom. The van der Waals surface area contributed by atoms with Gasteiger partial charge in [0.2, 0.25) is 0 Å². The lowest BCUT2D eigenvalue weighted by Crippen LogP contribution is -2.41. The molecule has 0 bridgehead atoms. The zero-order valence-electron chi connectivity index (χ0n) is 9.78. The van der Waals surface area contributed by atoms with E-state index in [2.05, 4.69) is 17.3 Å². The summed E-state index contributed by atoms with van der Waals surface area (Å²) in [4.78, 5) is 2.50. The van der Waals surface area contributed by atoms with Gasteiger partial charge in [-0.2, -0.15) is 0 Å². The van der Waals surface area contributed by atoms with Crippen LogP contribution in [-0.4, -0.2) is 48.8 Å². The largest absolute Gasteiger partial charge is 0.395 e. The molecule has 2 rings (SSSR count). The molecular weight excluding hydrogens is 188 g/mol. The molecule has 0 aromatic heterocycles. The SMILES string of the molecule is CNC1CCCC1CN1CCCC1CO. The van der Waals surface area contributed by atoms with Crippen LogP contribution in [0.4, 0.5) is 0 Å². The molecule has 0 amide bonds. The molecule has 1 saturated carbocycles. The number of nitrogens with zero attached hydrogens (tertiary/aromatic N) is 1. The number of aliphatic hydroxyl groups excluding tert-OH is 1. The highest BCUT2D eigenvalue weighted by atomic mass is 16.3. The van der Waals surface area contributed by atoms with Crippen LogP contribution < -0.4 is 5.32 Å². The van der Waals surface area contributed by atoms with Gasteiger partial charge in [-0.25, -0.2) is 0 Å². The molecule has 2 N–H and O–H groups in total. The fourth-order valence-corrected chi connectivity index (χ4v) is 3.28. The molecule has 2 fully saturated rings. The maximum atomic E-state index is 9.28. The summed E-state index contributed by atoms with van der Waals surface area (Å²) in [6.45, 7) is 2.73.